The fraction of sp³-hybridized carbons (Fsp3) is 0.467. The van der Waals surface area contributed by atoms with Crippen molar-refractivity contribution >= 4 is 23.7 Å². The quantitative estimate of drug-likeness (QED) is 0.169. The van der Waals surface area contributed by atoms with Crippen molar-refractivity contribution in [3.63, 3.8) is 0 Å². The number of carboxylic acid groups (broad SMARTS) is 1. The van der Waals surface area contributed by atoms with Gasteiger partial charge in [0.1, 0.15) is 29.6 Å². The highest BCUT2D eigenvalue weighted by atomic mass is 16.4. The second kappa shape index (κ2) is 15.6. The van der Waals surface area contributed by atoms with E-state index < -0.39 is 47.9 Å². The number of hydrogen-bond acceptors (Lipinski definition) is 7. The van der Waals surface area contributed by atoms with Crippen LogP contribution >= 0.6 is 0 Å². The van der Waals surface area contributed by atoms with Gasteiger partial charge < -0.3 is 37.0 Å². The van der Waals surface area contributed by atoms with Crippen molar-refractivity contribution in [3.8, 4) is 11.5 Å². The molecular weight excluding hydrogens is 528 g/mol. The Labute approximate surface area is 240 Å². The molecule has 0 saturated carbocycles. The Morgan fingerprint density at radius 2 is 1.07 bits per heavy atom. The zero-order valence-corrected chi connectivity index (χ0v) is 24.0. The molecule has 6 unspecified atom stereocenters. The predicted octanol–water partition coefficient (Wildman–Crippen LogP) is 1.84. The van der Waals surface area contributed by atoms with Crippen LogP contribution in [0, 0.1) is 11.8 Å². The molecule has 0 heterocycles. The topological polar surface area (TPSA) is 191 Å². The molecule has 0 aliphatic carbocycles. The zero-order chi connectivity index (χ0) is 30.7. The van der Waals surface area contributed by atoms with Gasteiger partial charge in [-0.15, -0.1) is 0 Å². The van der Waals surface area contributed by atoms with Crippen LogP contribution in [0.5, 0.6) is 11.5 Å². The van der Waals surface area contributed by atoms with Gasteiger partial charge in [-0.2, -0.15) is 0 Å². The minimum atomic E-state index is -1.27. The van der Waals surface area contributed by atoms with Gasteiger partial charge in [0.15, 0.2) is 0 Å². The maximum atomic E-state index is 13.5. The number of aromatic hydroxyl groups is 2. The normalized spacial score (nSPS) is 15.4. The van der Waals surface area contributed by atoms with Gasteiger partial charge in [-0.3, -0.25) is 14.4 Å². The number of nitrogens with two attached hydrogens (primary N) is 1. The smallest absolute Gasteiger partial charge is 0.326 e. The van der Waals surface area contributed by atoms with E-state index in [1.807, 2.05) is 13.8 Å². The lowest BCUT2D eigenvalue weighted by Gasteiger charge is -2.30. The van der Waals surface area contributed by atoms with Crippen molar-refractivity contribution in [1.29, 1.82) is 0 Å². The Bertz CT molecular complexity index is 1170. The fourth-order valence-electron chi connectivity index (χ4n) is 4.22. The Morgan fingerprint density at radius 1 is 0.683 bits per heavy atom. The molecule has 41 heavy (non-hydrogen) atoms. The molecule has 2 aromatic rings. The number of amides is 3. The number of carbonyl (C=O) groups excluding carboxylic acids is 3. The predicted molar refractivity (Wildman–Crippen MR) is 154 cm³/mol. The van der Waals surface area contributed by atoms with Crippen LogP contribution in [0.3, 0.4) is 0 Å². The molecule has 0 radical (unpaired) electrons. The van der Waals surface area contributed by atoms with E-state index in [0.29, 0.717) is 18.4 Å². The van der Waals surface area contributed by atoms with E-state index in [-0.39, 0.29) is 36.2 Å². The summed E-state index contributed by atoms with van der Waals surface area (Å²) in [6, 6.07) is 8.04. The Hall–Kier alpha value is -4.12. The van der Waals surface area contributed by atoms with E-state index in [0.717, 1.165) is 5.56 Å². The second-order valence-corrected chi connectivity index (χ2v) is 10.5. The number of phenols is 2. The third-order valence-corrected chi connectivity index (χ3v) is 7.31. The standard InChI is InChI=1S/C30H42N4O7/c1-5-17(3)25(28(38)32-24(30(40)41)16-20-9-13-22(36)14-10-20)34-29(39)26(18(4)6-2)33-27(37)23(31)15-19-7-11-21(35)12-8-19/h7-14,17-18,23-26,35-36H,5-6,15-16,31H2,1-4H3,(H,32,38)(H,33,37)(H,34,39)(H,40,41). The molecule has 2 rings (SSSR count). The summed E-state index contributed by atoms with van der Waals surface area (Å²) in [5, 5.41) is 36.7. The Morgan fingerprint density at radius 3 is 1.49 bits per heavy atom. The van der Waals surface area contributed by atoms with E-state index in [9.17, 15) is 34.5 Å². The largest absolute Gasteiger partial charge is 0.508 e. The number of hydrogen-bond donors (Lipinski definition) is 7. The minimum Gasteiger partial charge on any atom is -0.508 e. The van der Waals surface area contributed by atoms with Crippen LogP contribution in [0.15, 0.2) is 48.5 Å². The van der Waals surface area contributed by atoms with Crippen molar-refractivity contribution in [1.82, 2.24) is 16.0 Å². The van der Waals surface area contributed by atoms with Gasteiger partial charge in [-0.05, 0) is 53.6 Å². The molecule has 6 atom stereocenters. The van der Waals surface area contributed by atoms with Crippen LogP contribution < -0.4 is 21.7 Å². The summed E-state index contributed by atoms with van der Waals surface area (Å²) in [4.78, 5) is 51.6. The maximum Gasteiger partial charge on any atom is 0.326 e. The highest BCUT2D eigenvalue weighted by Gasteiger charge is 2.34. The van der Waals surface area contributed by atoms with Gasteiger partial charge in [0.2, 0.25) is 17.7 Å². The van der Waals surface area contributed by atoms with Gasteiger partial charge in [-0.25, -0.2) is 4.79 Å². The first-order chi connectivity index (χ1) is 19.4. The van der Waals surface area contributed by atoms with Crippen LogP contribution in [0.25, 0.3) is 0 Å². The van der Waals surface area contributed by atoms with Crippen molar-refractivity contribution in [2.45, 2.75) is 77.5 Å². The zero-order valence-electron chi connectivity index (χ0n) is 24.0. The van der Waals surface area contributed by atoms with Crippen LogP contribution in [0.4, 0.5) is 0 Å². The highest BCUT2D eigenvalue weighted by Crippen LogP contribution is 2.15. The van der Waals surface area contributed by atoms with Crippen LogP contribution in [-0.4, -0.2) is 63.2 Å². The Kier molecular flexibility index (Phi) is 12.6. The number of carbonyl (C=O) groups is 4. The summed E-state index contributed by atoms with van der Waals surface area (Å²) in [5.41, 5.74) is 7.45. The first kappa shape index (κ1) is 33.1. The molecule has 0 saturated heterocycles. The average Bonchev–Trinajstić information content (AvgIpc) is 2.95. The van der Waals surface area contributed by atoms with Crippen molar-refractivity contribution in [3.05, 3.63) is 59.7 Å². The van der Waals surface area contributed by atoms with E-state index >= 15 is 0 Å². The van der Waals surface area contributed by atoms with Crippen molar-refractivity contribution in [2.24, 2.45) is 17.6 Å². The Balaban J connectivity index is 2.15. The monoisotopic (exact) mass is 570 g/mol. The van der Waals surface area contributed by atoms with Crippen LogP contribution in [0.2, 0.25) is 0 Å². The number of phenolic OH excluding ortho intramolecular Hbond substituents is 2. The number of aliphatic carboxylic acids is 1. The molecule has 0 aromatic heterocycles. The molecule has 0 spiro atoms. The lowest BCUT2D eigenvalue weighted by Crippen LogP contribution is -2.60. The molecule has 224 valence electrons. The van der Waals surface area contributed by atoms with Gasteiger partial charge in [0, 0.05) is 6.42 Å². The molecule has 11 nitrogen and oxygen atoms in total. The molecule has 0 aliphatic rings. The lowest BCUT2D eigenvalue weighted by molar-refractivity contribution is -0.142. The van der Waals surface area contributed by atoms with Crippen LogP contribution in [-0.2, 0) is 32.0 Å². The summed E-state index contributed by atoms with van der Waals surface area (Å²) in [6.07, 6.45) is 1.24. The molecule has 0 aliphatic heterocycles. The summed E-state index contributed by atoms with van der Waals surface area (Å²) in [7, 11) is 0. The molecule has 0 bridgehead atoms. The van der Waals surface area contributed by atoms with Gasteiger partial charge >= 0.3 is 5.97 Å². The first-order valence-corrected chi connectivity index (χ1v) is 13.8. The van der Waals surface area contributed by atoms with E-state index in [4.69, 9.17) is 5.73 Å². The van der Waals surface area contributed by atoms with E-state index in [2.05, 4.69) is 16.0 Å². The van der Waals surface area contributed by atoms with E-state index in [1.54, 1.807) is 38.1 Å². The molecular formula is C30H42N4O7. The molecule has 3 amide bonds. The SMILES string of the molecule is CCC(C)C(NC(=O)C(N)Cc1ccc(O)cc1)C(=O)NC(C(=O)NC(Cc1ccc(O)cc1)C(=O)O)C(C)CC. The maximum absolute atomic E-state index is 13.5. The summed E-state index contributed by atoms with van der Waals surface area (Å²) in [6.45, 7) is 7.28. The highest BCUT2D eigenvalue weighted by molar-refractivity contribution is 5.94. The number of carboxylic acids is 1. The third kappa shape index (κ3) is 10.1. The van der Waals surface area contributed by atoms with E-state index in [1.165, 1.54) is 24.3 Å². The molecule has 2 aromatic carbocycles. The van der Waals surface area contributed by atoms with Crippen molar-refractivity contribution < 1.29 is 34.5 Å². The minimum absolute atomic E-state index is 0.0208. The number of benzene rings is 2. The van der Waals surface area contributed by atoms with Gasteiger partial charge in [0.25, 0.3) is 0 Å². The fourth-order valence-corrected chi connectivity index (χ4v) is 4.22. The number of nitrogens with one attached hydrogen (secondary N) is 3. The van der Waals surface area contributed by atoms with Crippen molar-refractivity contribution in [2.75, 3.05) is 0 Å². The third-order valence-electron chi connectivity index (χ3n) is 7.31. The second-order valence-electron chi connectivity index (χ2n) is 10.5. The van der Waals surface area contributed by atoms with Crippen LogP contribution in [0.1, 0.15) is 51.7 Å². The first-order valence-electron chi connectivity index (χ1n) is 13.8. The lowest BCUT2D eigenvalue weighted by atomic mass is 9.94. The van der Waals surface area contributed by atoms with Gasteiger partial charge in [-0.1, -0.05) is 64.8 Å². The average molecular weight is 571 g/mol. The molecule has 0 fully saturated rings. The summed E-state index contributed by atoms with van der Waals surface area (Å²) < 4.78 is 0. The number of rotatable bonds is 15. The molecule has 11 heteroatoms. The summed E-state index contributed by atoms with van der Waals surface area (Å²) in [5.74, 6) is -3.51. The van der Waals surface area contributed by atoms with Gasteiger partial charge in [0.05, 0.1) is 6.04 Å². The summed E-state index contributed by atoms with van der Waals surface area (Å²) >= 11 is 0. The molecule has 8 N–H and O–H groups in total.